The van der Waals surface area contributed by atoms with Gasteiger partial charge in [0.15, 0.2) is 0 Å². The average Bonchev–Trinajstić information content (AvgIpc) is 3.44. The highest BCUT2D eigenvalue weighted by Gasteiger charge is 2.42. The molecule has 2 heterocycles. The molecule has 1 unspecified atom stereocenters. The van der Waals surface area contributed by atoms with Crippen molar-refractivity contribution in [2.24, 2.45) is 7.05 Å². The summed E-state index contributed by atoms with van der Waals surface area (Å²) < 4.78 is 14.8. The van der Waals surface area contributed by atoms with Crippen LogP contribution in [0, 0.1) is 0 Å². The zero-order valence-corrected chi connectivity index (χ0v) is 20.2. The number of rotatable bonds is 8. The zero-order chi connectivity index (χ0) is 23.3. The molecular weight excluding hydrogens is 426 g/mol. The van der Waals surface area contributed by atoms with Gasteiger partial charge in [0.05, 0.1) is 31.5 Å². The number of nitrogens with zero attached hydrogens (tertiary/aromatic N) is 5. The molecule has 34 heavy (non-hydrogen) atoms. The van der Waals surface area contributed by atoms with Crippen LogP contribution in [0.2, 0.25) is 0 Å². The van der Waals surface area contributed by atoms with Crippen LogP contribution in [0.1, 0.15) is 56.1 Å². The van der Waals surface area contributed by atoms with Gasteiger partial charge in [-0.05, 0) is 66.5 Å². The van der Waals surface area contributed by atoms with E-state index in [9.17, 15) is 0 Å². The Hall–Kier alpha value is -2.77. The topological polar surface area (TPSA) is 65.3 Å². The van der Waals surface area contributed by atoms with E-state index in [2.05, 4.69) is 81.9 Å². The summed E-state index contributed by atoms with van der Waals surface area (Å²) in [7, 11) is 1.89. The fourth-order valence-electron chi connectivity index (χ4n) is 5.57. The summed E-state index contributed by atoms with van der Waals surface area (Å²) in [5, 5.41) is 12.3. The highest BCUT2D eigenvalue weighted by Crippen LogP contribution is 2.36. The molecule has 7 heteroatoms. The van der Waals surface area contributed by atoms with Crippen LogP contribution in [0.5, 0.6) is 0 Å². The van der Waals surface area contributed by atoms with Crippen LogP contribution in [0.15, 0.2) is 60.7 Å². The highest BCUT2D eigenvalue weighted by atomic mass is 16.5. The lowest BCUT2D eigenvalue weighted by molar-refractivity contribution is -0.0227. The van der Waals surface area contributed by atoms with Crippen molar-refractivity contribution in [3.63, 3.8) is 0 Å². The van der Waals surface area contributed by atoms with Crippen molar-refractivity contribution in [2.75, 3.05) is 11.5 Å². The Balaban J connectivity index is 1.23. The Morgan fingerprint density at radius 2 is 1.62 bits per heavy atom. The highest BCUT2D eigenvalue weighted by molar-refractivity contribution is 5.36. The lowest BCUT2D eigenvalue weighted by Gasteiger charge is -2.33. The van der Waals surface area contributed by atoms with Gasteiger partial charge < -0.3 is 14.4 Å². The van der Waals surface area contributed by atoms with E-state index >= 15 is 0 Å². The molecule has 2 aliphatic rings. The van der Waals surface area contributed by atoms with Crippen molar-refractivity contribution in [1.29, 1.82) is 0 Å². The monoisotopic (exact) mass is 461 g/mol. The molecular formula is C27H35N5O2. The number of hydrogen-bond acceptors (Lipinski definition) is 6. The van der Waals surface area contributed by atoms with Gasteiger partial charge in [0.1, 0.15) is 0 Å². The summed E-state index contributed by atoms with van der Waals surface area (Å²) in [6.07, 6.45) is 5.85. The van der Waals surface area contributed by atoms with Gasteiger partial charge in [0.2, 0.25) is 5.95 Å². The van der Waals surface area contributed by atoms with Gasteiger partial charge in [-0.15, -0.1) is 0 Å². The minimum Gasteiger partial charge on any atom is -0.376 e. The molecule has 1 saturated carbocycles. The molecule has 2 fully saturated rings. The third-order valence-corrected chi connectivity index (χ3v) is 7.42. The second-order valence-electron chi connectivity index (χ2n) is 9.71. The molecule has 1 aliphatic heterocycles. The second-order valence-corrected chi connectivity index (χ2v) is 9.71. The lowest BCUT2D eigenvalue weighted by atomic mass is 9.83. The van der Waals surface area contributed by atoms with Crippen molar-refractivity contribution in [3.8, 4) is 0 Å². The minimum absolute atomic E-state index is 0.0626. The lowest BCUT2D eigenvalue weighted by Crippen LogP contribution is -2.44. The first kappa shape index (κ1) is 23.0. The van der Waals surface area contributed by atoms with E-state index in [1.165, 1.54) is 24.0 Å². The molecule has 7 nitrogen and oxygen atoms in total. The van der Waals surface area contributed by atoms with E-state index in [1.54, 1.807) is 4.68 Å². The maximum Gasteiger partial charge on any atom is 0.245 e. The summed E-state index contributed by atoms with van der Waals surface area (Å²) >= 11 is 0. The Kier molecular flexibility index (Phi) is 7.21. The molecule has 0 bridgehead atoms. The Labute approximate surface area is 202 Å². The number of aryl methyl sites for hydroxylation is 1. The molecule has 0 N–H and O–H groups in total. The summed E-state index contributed by atoms with van der Waals surface area (Å²) in [5.74, 6) is 1.43. The summed E-state index contributed by atoms with van der Waals surface area (Å²) in [5.41, 5.74) is 2.65. The molecule has 3 atom stereocenters. The van der Waals surface area contributed by atoms with Crippen molar-refractivity contribution in [2.45, 2.75) is 75.8 Å². The van der Waals surface area contributed by atoms with E-state index < -0.39 is 0 Å². The Morgan fingerprint density at radius 3 is 2.29 bits per heavy atom. The van der Waals surface area contributed by atoms with E-state index in [0.29, 0.717) is 25.2 Å². The van der Waals surface area contributed by atoms with Crippen LogP contribution in [0.3, 0.4) is 0 Å². The average molecular weight is 462 g/mol. The molecule has 5 rings (SSSR count). The number of benzene rings is 2. The third kappa shape index (κ3) is 5.15. The van der Waals surface area contributed by atoms with Gasteiger partial charge in [-0.1, -0.05) is 65.8 Å². The quantitative estimate of drug-likeness (QED) is 0.492. The normalized spacial score (nSPS) is 27.2. The van der Waals surface area contributed by atoms with Crippen LogP contribution in [-0.4, -0.2) is 51.1 Å². The molecule has 0 spiro atoms. The number of tetrazole rings is 1. The molecule has 0 amide bonds. The van der Waals surface area contributed by atoms with Gasteiger partial charge in [-0.2, -0.15) is 0 Å². The Morgan fingerprint density at radius 1 is 0.912 bits per heavy atom. The maximum atomic E-state index is 6.55. The number of ether oxygens (including phenoxy) is 2. The SMILES string of the molecule is C[C@@H]1CC(OCc2ccccc2)[C@H](CO[C@H]2CC[C@@H](c3ccccc3)CC2)N1c1nnnn1C. The zero-order valence-electron chi connectivity index (χ0n) is 20.2. The third-order valence-electron chi connectivity index (χ3n) is 7.42. The molecule has 0 radical (unpaired) electrons. The smallest absolute Gasteiger partial charge is 0.245 e. The van der Waals surface area contributed by atoms with Crippen molar-refractivity contribution >= 4 is 5.95 Å². The van der Waals surface area contributed by atoms with Crippen LogP contribution in [0.4, 0.5) is 5.95 Å². The predicted octanol–water partition coefficient (Wildman–Crippen LogP) is 4.51. The fourth-order valence-corrected chi connectivity index (χ4v) is 5.57. The fraction of sp³-hybridized carbons (Fsp3) is 0.519. The minimum atomic E-state index is 0.0626. The molecule has 3 aromatic rings. The predicted molar refractivity (Wildman–Crippen MR) is 132 cm³/mol. The summed E-state index contributed by atoms with van der Waals surface area (Å²) in [6, 6.07) is 21.6. The summed E-state index contributed by atoms with van der Waals surface area (Å²) in [4.78, 5) is 2.30. The largest absolute Gasteiger partial charge is 0.376 e. The standard InChI is InChI=1S/C27H35N5O2/c1-20-17-26(34-18-21-9-5-3-6-10-21)25(32(20)27-28-29-30-31(27)2)19-33-24-15-13-23(14-16-24)22-11-7-4-8-12-22/h3-12,20,23-26H,13-19H2,1-2H3/t20-,23-,24+,25+,26?/m1/s1. The van der Waals surface area contributed by atoms with Gasteiger partial charge in [0, 0.05) is 13.1 Å². The second kappa shape index (κ2) is 10.7. The number of hydrogen-bond donors (Lipinski definition) is 0. The molecule has 2 aromatic carbocycles. The van der Waals surface area contributed by atoms with Gasteiger partial charge in [-0.25, -0.2) is 4.68 Å². The van der Waals surface area contributed by atoms with Crippen LogP contribution < -0.4 is 4.90 Å². The van der Waals surface area contributed by atoms with Gasteiger partial charge in [-0.3, -0.25) is 0 Å². The maximum absolute atomic E-state index is 6.55. The van der Waals surface area contributed by atoms with E-state index in [4.69, 9.17) is 9.47 Å². The first-order valence-electron chi connectivity index (χ1n) is 12.5. The van der Waals surface area contributed by atoms with Crippen LogP contribution in [0.25, 0.3) is 0 Å². The van der Waals surface area contributed by atoms with Gasteiger partial charge >= 0.3 is 0 Å². The molecule has 180 valence electrons. The van der Waals surface area contributed by atoms with E-state index in [-0.39, 0.29) is 18.2 Å². The number of aromatic nitrogens is 4. The first-order valence-corrected chi connectivity index (χ1v) is 12.5. The molecule has 1 aromatic heterocycles. The van der Waals surface area contributed by atoms with E-state index in [1.807, 2.05) is 13.1 Å². The molecule has 1 saturated heterocycles. The van der Waals surface area contributed by atoms with Crippen LogP contribution >= 0.6 is 0 Å². The van der Waals surface area contributed by atoms with Crippen LogP contribution in [-0.2, 0) is 23.1 Å². The van der Waals surface area contributed by atoms with Crippen molar-refractivity contribution in [3.05, 3.63) is 71.8 Å². The number of anilines is 1. The van der Waals surface area contributed by atoms with Gasteiger partial charge in [0.25, 0.3) is 0 Å². The molecule has 1 aliphatic carbocycles. The first-order chi connectivity index (χ1) is 16.7. The summed E-state index contributed by atoms with van der Waals surface area (Å²) in [6.45, 7) is 3.44. The van der Waals surface area contributed by atoms with E-state index in [0.717, 1.165) is 25.2 Å². The van der Waals surface area contributed by atoms with Crippen molar-refractivity contribution < 1.29 is 9.47 Å². The van der Waals surface area contributed by atoms with Crippen molar-refractivity contribution in [1.82, 2.24) is 20.2 Å². The Bertz CT molecular complexity index is 1020.